The predicted octanol–water partition coefficient (Wildman–Crippen LogP) is 1.32. The number of ketones is 1. The van der Waals surface area contributed by atoms with Gasteiger partial charge in [-0.15, -0.1) is 0 Å². The van der Waals surface area contributed by atoms with E-state index < -0.39 is 29.7 Å². The number of ether oxygens (including phenoxy) is 2. The first kappa shape index (κ1) is 16.8. The topological polar surface area (TPSA) is 104 Å². The van der Waals surface area contributed by atoms with Crippen molar-refractivity contribution < 1.29 is 33.4 Å². The minimum Gasteiger partial charge on any atom is -0.383 e. The average Bonchev–Trinajstić information content (AvgIpc) is 2.62. The van der Waals surface area contributed by atoms with Crippen LogP contribution in [0.5, 0.6) is 0 Å². The van der Waals surface area contributed by atoms with Gasteiger partial charge in [-0.1, -0.05) is 36.4 Å². The van der Waals surface area contributed by atoms with Gasteiger partial charge in [-0.2, -0.15) is 0 Å². The second-order valence-electron chi connectivity index (χ2n) is 4.42. The smallest absolute Gasteiger partial charge is 0.383 e. The molecule has 0 aliphatic heterocycles. The average molecular weight is 326 g/mol. The van der Waals surface area contributed by atoms with Crippen molar-refractivity contribution in [3.8, 4) is 0 Å². The van der Waals surface area contributed by atoms with Crippen LogP contribution in [0.25, 0.3) is 0 Å². The van der Waals surface area contributed by atoms with Gasteiger partial charge >= 0.3 is 29.7 Å². The van der Waals surface area contributed by atoms with E-state index in [0.717, 1.165) is 0 Å². The Balaban J connectivity index is 1.95. The summed E-state index contributed by atoms with van der Waals surface area (Å²) in [6.07, 6.45) is 0. The maximum Gasteiger partial charge on any atom is 0.394 e. The first-order valence-electron chi connectivity index (χ1n) is 6.66. The van der Waals surface area contributed by atoms with Crippen molar-refractivity contribution in [3.63, 3.8) is 0 Å². The molecule has 0 saturated heterocycles. The van der Waals surface area contributed by atoms with E-state index in [4.69, 9.17) is 0 Å². The third-order valence-corrected chi connectivity index (χ3v) is 2.76. The first-order valence-corrected chi connectivity index (χ1v) is 6.66. The fraction of sp³-hybridized carbons (Fsp3) is 0. The molecule has 0 fully saturated rings. The summed E-state index contributed by atoms with van der Waals surface area (Å²) in [5, 5.41) is 0. The van der Waals surface area contributed by atoms with Crippen LogP contribution in [0.2, 0.25) is 0 Å². The highest BCUT2D eigenvalue weighted by Crippen LogP contribution is 2.04. The number of esters is 4. The van der Waals surface area contributed by atoms with Crippen molar-refractivity contribution in [1.82, 2.24) is 0 Å². The van der Waals surface area contributed by atoms with Gasteiger partial charge in [0, 0.05) is 0 Å². The molecular formula is C17H10O7. The summed E-state index contributed by atoms with van der Waals surface area (Å²) in [7, 11) is 0. The van der Waals surface area contributed by atoms with Crippen LogP contribution in [-0.4, -0.2) is 29.7 Å². The highest BCUT2D eigenvalue weighted by molar-refractivity contribution is 6.61. The molecule has 2 aromatic carbocycles. The van der Waals surface area contributed by atoms with Crippen LogP contribution >= 0.6 is 0 Å². The molecule has 0 aliphatic rings. The van der Waals surface area contributed by atoms with Crippen LogP contribution in [-0.2, 0) is 23.9 Å². The summed E-state index contributed by atoms with van der Waals surface area (Å²) in [6, 6.07) is 14.8. The summed E-state index contributed by atoms with van der Waals surface area (Å²) in [4.78, 5) is 57.7. The third-order valence-electron chi connectivity index (χ3n) is 2.76. The van der Waals surface area contributed by atoms with Gasteiger partial charge in [0.05, 0.1) is 11.1 Å². The summed E-state index contributed by atoms with van der Waals surface area (Å²) in [6.45, 7) is 0. The Morgan fingerprint density at radius 3 is 1.21 bits per heavy atom. The molecule has 0 bridgehead atoms. The highest BCUT2D eigenvalue weighted by atomic mass is 16.6. The van der Waals surface area contributed by atoms with Crippen LogP contribution in [0.1, 0.15) is 20.7 Å². The summed E-state index contributed by atoms with van der Waals surface area (Å²) >= 11 is 0. The number of Topliss-reactive ketones (excluding diaryl/α,β-unsaturated/α-hetero) is 1. The predicted molar refractivity (Wildman–Crippen MR) is 78.7 cm³/mol. The molecule has 0 N–H and O–H groups in total. The Bertz CT molecular complexity index is 727. The minimum absolute atomic E-state index is 0.0207. The SMILES string of the molecule is O=C(OC(=O)c1ccccc1)C(=O)C(=O)OC(=O)c1ccccc1. The van der Waals surface area contributed by atoms with Crippen molar-refractivity contribution in [3.05, 3.63) is 71.8 Å². The lowest BCUT2D eigenvalue weighted by molar-refractivity contribution is -0.159. The molecule has 0 heterocycles. The molecule has 0 amide bonds. The van der Waals surface area contributed by atoms with E-state index in [1.54, 1.807) is 12.1 Å². The van der Waals surface area contributed by atoms with E-state index in [9.17, 15) is 24.0 Å². The quantitative estimate of drug-likeness (QED) is 0.474. The van der Waals surface area contributed by atoms with Gasteiger partial charge in [-0.25, -0.2) is 19.2 Å². The van der Waals surface area contributed by atoms with E-state index in [1.165, 1.54) is 48.5 Å². The molecule has 7 nitrogen and oxygen atoms in total. The molecule has 0 atom stereocenters. The maximum atomic E-state index is 11.6. The number of rotatable bonds is 4. The summed E-state index contributed by atoms with van der Waals surface area (Å²) in [5.41, 5.74) is 0.0414. The van der Waals surface area contributed by atoms with Crippen molar-refractivity contribution in [2.24, 2.45) is 0 Å². The second-order valence-corrected chi connectivity index (χ2v) is 4.42. The molecular weight excluding hydrogens is 316 g/mol. The number of hydrogen-bond donors (Lipinski definition) is 0. The molecule has 0 unspecified atom stereocenters. The van der Waals surface area contributed by atoms with E-state index in [1.807, 2.05) is 0 Å². The Kier molecular flexibility index (Phi) is 5.30. The lowest BCUT2D eigenvalue weighted by Gasteiger charge is -2.03. The van der Waals surface area contributed by atoms with E-state index in [-0.39, 0.29) is 11.1 Å². The number of carbonyl (C=O) groups excluding carboxylic acids is 5. The molecule has 0 spiro atoms. The van der Waals surface area contributed by atoms with E-state index >= 15 is 0 Å². The molecule has 24 heavy (non-hydrogen) atoms. The molecule has 0 aromatic heterocycles. The maximum absolute atomic E-state index is 11.6. The Labute approximate surface area is 135 Å². The molecule has 7 heteroatoms. The third kappa shape index (κ3) is 4.20. The second kappa shape index (κ2) is 7.59. The van der Waals surface area contributed by atoms with Gasteiger partial charge in [0.1, 0.15) is 0 Å². The van der Waals surface area contributed by atoms with Crippen molar-refractivity contribution in [1.29, 1.82) is 0 Å². The van der Waals surface area contributed by atoms with Crippen molar-refractivity contribution >= 4 is 29.7 Å². The van der Waals surface area contributed by atoms with Crippen LogP contribution in [0.15, 0.2) is 60.7 Å². The van der Waals surface area contributed by atoms with Crippen LogP contribution < -0.4 is 0 Å². The lowest BCUT2D eigenvalue weighted by Crippen LogP contribution is -2.31. The molecule has 120 valence electrons. The monoisotopic (exact) mass is 326 g/mol. The number of benzene rings is 2. The Morgan fingerprint density at radius 2 is 0.875 bits per heavy atom. The molecule has 2 rings (SSSR count). The van der Waals surface area contributed by atoms with Crippen LogP contribution in [0.4, 0.5) is 0 Å². The Morgan fingerprint density at radius 1 is 0.542 bits per heavy atom. The standard InChI is InChI=1S/C17H10O7/c18-13(16(21)23-14(19)11-7-3-1-4-8-11)17(22)24-15(20)12-9-5-2-6-10-12/h1-10H. The van der Waals surface area contributed by atoms with Gasteiger partial charge in [-0.05, 0) is 24.3 Å². The summed E-state index contributed by atoms with van der Waals surface area (Å²) in [5.74, 6) is -7.42. The normalized spacial score (nSPS) is 9.67. The zero-order valence-corrected chi connectivity index (χ0v) is 12.1. The minimum atomic E-state index is -1.76. The molecule has 2 aromatic rings. The summed E-state index contributed by atoms with van der Waals surface area (Å²) < 4.78 is 8.53. The molecule has 0 aliphatic carbocycles. The van der Waals surface area contributed by atoms with Crippen LogP contribution in [0, 0.1) is 0 Å². The van der Waals surface area contributed by atoms with Gasteiger partial charge in [0.15, 0.2) is 0 Å². The fourth-order valence-electron chi connectivity index (χ4n) is 1.61. The largest absolute Gasteiger partial charge is 0.394 e. The zero-order chi connectivity index (χ0) is 17.5. The Hall–Kier alpha value is -3.61. The molecule has 0 radical (unpaired) electrons. The van der Waals surface area contributed by atoms with Gasteiger partial charge in [-0.3, -0.25) is 4.79 Å². The van der Waals surface area contributed by atoms with Gasteiger partial charge in [0.2, 0.25) is 0 Å². The molecule has 0 saturated carbocycles. The lowest BCUT2D eigenvalue weighted by atomic mass is 10.2. The van der Waals surface area contributed by atoms with E-state index in [0.29, 0.717) is 0 Å². The van der Waals surface area contributed by atoms with E-state index in [2.05, 4.69) is 9.47 Å². The van der Waals surface area contributed by atoms with Gasteiger partial charge < -0.3 is 9.47 Å². The van der Waals surface area contributed by atoms with Gasteiger partial charge in [0.25, 0.3) is 0 Å². The fourth-order valence-corrected chi connectivity index (χ4v) is 1.61. The zero-order valence-electron chi connectivity index (χ0n) is 12.1. The van der Waals surface area contributed by atoms with Crippen LogP contribution in [0.3, 0.4) is 0 Å². The van der Waals surface area contributed by atoms with Crippen molar-refractivity contribution in [2.45, 2.75) is 0 Å². The highest BCUT2D eigenvalue weighted by Gasteiger charge is 2.30. The first-order chi connectivity index (χ1) is 11.5. The number of hydrogen-bond acceptors (Lipinski definition) is 7. The van der Waals surface area contributed by atoms with Crippen molar-refractivity contribution in [2.75, 3.05) is 0 Å². The number of carbonyl (C=O) groups is 5.